The molecule has 7 nitrogen and oxygen atoms in total. The maximum atomic E-state index is 6.14. The lowest BCUT2D eigenvalue weighted by Crippen LogP contribution is -2.35. The predicted octanol–water partition coefficient (Wildman–Crippen LogP) is 3.82. The number of fused-ring (bicyclic) bond motifs is 1. The van der Waals surface area contributed by atoms with Crippen molar-refractivity contribution in [2.75, 3.05) is 18.0 Å². The Morgan fingerprint density at radius 1 is 1.15 bits per heavy atom. The molecule has 1 saturated heterocycles. The molecule has 0 spiro atoms. The molecular weight excluding hydrogens is 364 g/mol. The number of rotatable bonds is 3. The van der Waals surface area contributed by atoms with Gasteiger partial charge >= 0.3 is 0 Å². The second-order valence-electron chi connectivity index (χ2n) is 6.67. The van der Waals surface area contributed by atoms with Crippen molar-refractivity contribution in [2.24, 2.45) is 0 Å². The SMILES string of the molecule is Clc1ccc2ncc(-c3nccc(N4CCCC(c5ccon5)C4)n3)n2c1. The van der Waals surface area contributed by atoms with Crippen molar-refractivity contribution in [3.63, 3.8) is 0 Å². The van der Waals surface area contributed by atoms with Gasteiger partial charge in [0.25, 0.3) is 0 Å². The molecule has 1 unspecified atom stereocenters. The van der Waals surface area contributed by atoms with Crippen LogP contribution in [-0.4, -0.2) is 37.6 Å². The zero-order valence-corrected chi connectivity index (χ0v) is 15.3. The van der Waals surface area contributed by atoms with Gasteiger partial charge in [0.15, 0.2) is 5.82 Å². The van der Waals surface area contributed by atoms with E-state index in [1.807, 2.05) is 34.9 Å². The van der Waals surface area contributed by atoms with Crippen molar-refractivity contribution in [3.8, 4) is 11.5 Å². The van der Waals surface area contributed by atoms with Gasteiger partial charge in [-0.15, -0.1) is 0 Å². The summed E-state index contributed by atoms with van der Waals surface area (Å²) in [4.78, 5) is 16.0. The third-order valence-corrected chi connectivity index (χ3v) is 5.18. The van der Waals surface area contributed by atoms with E-state index in [0.717, 1.165) is 48.8 Å². The van der Waals surface area contributed by atoms with Crippen LogP contribution in [0.5, 0.6) is 0 Å². The Bertz CT molecular complexity index is 1080. The van der Waals surface area contributed by atoms with Crippen LogP contribution in [0, 0.1) is 0 Å². The second kappa shape index (κ2) is 6.66. The minimum atomic E-state index is 0.352. The Morgan fingerprint density at radius 3 is 3.00 bits per heavy atom. The summed E-state index contributed by atoms with van der Waals surface area (Å²) in [6.45, 7) is 1.83. The fourth-order valence-electron chi connectivity index (χ4n) is 3.63. The highest BCUT2D eigenvalue weighted by Crippen LogP contribution is 2.29. The molecule has 0 aromatic carbocycles. The van der Waals surface area contributed by atoms with Gasteiger partial charge in [-0.2, -0.15) is 0 Å². The van der Waals surface area contributed by atoms with E-state index >= 15 is 0 Å². The van der Waals surface area contributed by atoms with Gasteiger partial charge in [-0.1, -0.05) is 16.8 Å². The highest BCUT2D eigenvalue weighted by molar-refractivity contribution is 6.30. The molecule has 136 valence electrons. The number of piperidine rings is 1. The van der Waals surface area contributed by atoms with Gasteiger partial charge in [0, 0.05) is 37.5 Å². The first kappa shape index (κ1) is 16.3. The molecule has 1 aliphatic rings. The average molecular weight is 381 g/mol. The average Bonchev–Trinajstić information content (AvgIpc) is 3.38. The number of aromatic nitrogens is 5. The van der Waals surface area contributed by atoms with Crippen LogP contribution in [0.4, 0.5) is 5.82 Å². The van der Waals surface area contributed by atoms with Crippen molar-refractivity contribution < 1.29 is 4.52 Å². The van der Waals surface area contributed by atoms with E-state index in [2.05, 4.69) is 20.0 Å². The third-order valence-electron chi connectivity index (χ3n) is 4.96. The smallest absolute Gasteiger partial charge is 0.180 e. The topological polar surface area (TPSA) is 72.3 Å². The maximum absolute atomic E-state index is 6.14. The number of halogens is 1. The van der Waals surface area contributed by atoms with E-state index in [9.17, 15) is 0 Å². The van der Waals surface area contributed by atoms with Crippen LogP contribution >= 0.6 is 11.6 Å². The molecule has 0 amide bonds. The standard InChI is InChI=1S/C19H17ClN6O/c20-14-3-4-17-22-10-16(26(17)12-14)19-21-7-5-18(23-19)25-8-1-2-13(11-25)15-6-9-27-24-15/h3-7,9-10,12-13H,1-2,8,11H2. The lowest BCUT2D eigenvalue weighted by molar-refractivity contribution is 0.394. The highest BCUT2D eigenvalue weighted by Gasteiger charge is 2.24. The molecule has 5 heterocycles. The second-order valence-corrected chi connectivity index (χ2v) is 7.10. The van der Waals surface area contributed by atoms with Crippen molar-refractivity contribution in [1.29, 1.82) is 0 Å². The summed E-state index contributed by atoms with van der Waals surface area (Å²) in [6.07, 6.45) is 9.22. The molecule has 0 saturated carbocycles. The first-order valence-corrected chi connectivity index (χ1v) is 9.27. The van der Waals surface area contributed by atoms with Crippen LogP contribution < -0.4 is 4.90 Å². The van der Waals surface area contributed by atoms with Gasteiger partial charge in [0.1, 0.15) is 23.4 Å². The van der Waals surface area contributed by atoms with Crippen molar-refractivity contribution in [3.05, 3.63) is 59.8 Å². The molecule has 1 atom stereocenters. The summed E-state index contributed by atoms with van der Waals surface area (Å²) in [5.41, 5.74) is 2.64. The number of nitrogens with zero attached hydrogens (tertiary/aromatic N) is 6. The number of pyridine rings is 1. The highest BCUT2D eigenvalue weighted by atomic mass is 35.5. The van der Waals surface area contributed by atoms with E-state index in [-0.39, 0.29) is 0 Å². The van der Waals surface area contributed by atoms with Crippen LogP contribution in [0.25, 0.3) is 17.2 Å². The summed E-state index contributed by atoms with van der Waals surface area (Å²) in [6, 6.07) is 7.60. The van der Waals surface area contributed by atoms with Gasteiger partial charge in [-0.25, -0.2) is 15.0 Å². The third kappa shape index (κ3) is 3.04. The summed E-state index contributed by atoms with van der Waals surface area (Å²) >= 11 is 6.14. The van der Waals surface area contributed by atoms with Gasteiger partial charge in [-0.3, -0.25) is 4.40 Å². The largest absolute Gasteiger partial charge is 0.365 e. The molecule has 4 aromatic rings. The minimum Gasteiger partial charge on any atom is -0.365 e. The molecule has 4 aromatic heterocycles. The molecule has 8 heteroatoms. The zero-order valence-electron chi connectivity index (χ0n) is 14.5. The summed E-state index contributed by atoms with van der Waals surface area (Å²) in [5, 5.41) is 4.75. The molecule has 0 bridgehead atoms. The first-order valence-electron chi connectivity index (χ1n) is 8.89. The minimum absolute atomic E-state index is 0.352. The van der Waals surface area contributed by atoms with E-state index in [1.165, 1.54) is 0 Å². The molecule has 0 radical (unpaired) electrons. The van der Waals surface area contributed by atoms with Crippen LogP contribution in [0.15, 0.2) is 53.6 Å². The maximum Gasteiger partial charge on any atom is 0.180 e. The monoisotopic (exact) mass is 380 g/mol. The van der Waals surface area contributed by atoms with Crippen LogP contribution in [0.3, 0.4) is 0 Å². The van der Waals surface area contributed by atoms with Gasteiger partial charge in [0.2, 0.25) is 0 Å². The molecule has 27 heavy (non-hydrogen) atoms. The Hall–Kier alpha value is -2.93. The first-order chi connectivity index (χ1) is 13.3. The summed E-state index contributed by atoms with van der Waals surface area (Å²) < 4.78 is 6.93. The molecular formula is C19H17ClN6O. The van der Waals surface area contributed by atoms with Crippen LogP contribution in [-0.2, 0) is 0 Å². The Kier molecular flexibility index (Phi) is 4.01. The summed E-state index contributed by atoms with van der Waals surface area (Å²) in [5.74, 6) is 1.89. The lowest BCUT2D eigenvalue weighted by Gasteiger charge is -2.32. The molecule has 0 N–H and O–H groups in total. The zero-order chi connectivity index (χ0) is 18.2. The van der Waals surface area contributed by atoms with E-state index in [0.29, 0.717) is 16.8 Å². The fraction of sp³-hybridized carbons (Fsp3) is 0.263. The number of imidazole rings is 1. The molecule has 0 aliphatic carbocycles. The fourth-order valence-corrected chi connectivity index (χ4v) is 3.79. The Balaban J connectivity index is 1.47. The number of hydrogen-bond donors (Lipinski definition) is 0. The Morgan fingerprint density at radius 2 is 2.11 bits per heavy atom. The molecule has 1 fully saturated rings. The number of anilines is 1. The summed E-state index contributed by atoms with van der Waals surface area (Å²) in [7, 11) is 0. The van der Waals surface area contributed by atoms with Gasteiger partial charge in [-0.05, 0) is 31.0 Å². The van der Waals surface area contributed by atoms with Gasteiger partial charge in [0.05, 0.1) is 16.9 Å². The van der Waals surface area contributed by atoms with Crippen molar-refractivity contribution >= 4 is 23.1 Å². The predicted molar refractivity (Wildman–Crippen MR) is 102 cm³/mol. The normalized spacial score (nSPS) is 17.5. The molecule has 5 rings (SSSR count). The van der Waals surface area contributed by atoms with Crippen LogP contribution in [0.1, 0.15) is 24.5 Å². The van der Waals surface area contributed by atoms with Crippen molar-refractivity contribution in [1.82, 2.24) is 24.5 Å². The molecule has 1 aliphatic heterocycles. The van der Waals surface area contributed by atoms with Gasteiger partial charge < -0.3 is 9.42 Å². The number of hydrogen-bond acceptors (Lipinski definition) is 6. The lowest BCUT2D eigenvalue weighted by atomic mass is 9.95. The Labute approximate surface area is 160 Å². The quantitative estimate of drug-likeness (QED) is 0.538. The van der Waals surface area contributed by atoms with Crippen molar-refractivity contribution in [2.45, 2.75) is 18.8 Å². The van der Waals surface area contributed by atoms with E-state index < -0.39 is 0 Å². The van der Waals surface area contributed by atoms with E-state index in [4.69, 9.17) is 21.1 Å². The van der Waals surface area contributed by atoms with Crippen LogP contribution in [0.2, 0.25) is 5.02 Å². The van der Waals surface area contributed by atoms with E-state index in [1.54, 1.807) is 18.7 Å².